The molecule has 0 unspecified atom stereocenters. The Bertz CT molecular complexity index is 1740. The van der Waals surface area contributed by atoms with Crippen LogP contribution in [0.3, 0.4) is 0 Å². The smallest absolute Gasteiger partial charge is 0.210 e. The van der Waals surface area contributed by atoms with E-state index in [-0.39, 0.29) is 10.8 Å². The van der Waals surface area contributed by atoms with Crippen molar-refractivity contribution in [3.63, 3.8) is 0 Å². The zero-order valence-electron chi connectivity index (χ0n) is 25.4. The number of hydrogen-bond donors (Lipinski definition) is 0. The summed E-state index contributed by atoms with van der Waals surface area (Å²) >= 11 is 0. The average molecular weight is 540 g/mol. The van der Waals surface area contributed by atoms with Crippen molar-refractivity contribution in [3.8, 4) is 0 Å². The topological polar surface area (TPSA) is 6.25 Å². The fraction of sp³-hybridized carbons (Fsp3) is 0.308. The Labute approximate surface area is 246 Å². The molecule has 0 aromatic heterocycles. The van der Waals surface area contributed by atoms with Gasteiger partial charge < -0.3 is 4.90 Å². The van der Waals surface area contributed by atoms with Crippen LogP contribution in [0, 0.1) is 0 Å². The van der Waals surface area contributed by atoms with Crippen LogP contribution in [0.5, 0.6) is 0 Å². The average Bonchev–Trinajstić information content (AvgIpc) is 3.31. The number of nitrogens with zero attached hydrogens (tertiary/aromatic N) is 2. The molecular formula is C39H43N2+. The fourth-order valence-corrected chi connectivity index (χ4v) is 7.44. The molecule has 0 radical (unpaired) electrons. The third-order valence-electron chi connectivity index (χ3n) is 9.45. The highest BCUT2D eigenvalue weighted by molar-refractivity contribution is 6.07. The monoisotopic (exact) mass is 539 g/mol. The molecule has 2 heteroatoms. The number of benzene rings is 4. The van der Waals surface area contributed by atoms with Crippen LogP contribution in [0.2, 0.25) is 0 Å². The van der Waals surface area contributed by atoms with Gasteiger partial charge in [0.05, 0.1) is 5.41 Å². The van der Waals surface area contributed by atoms with E-state index in [0.29, 0.717) is 0 Å². The van der Waals surface area contributed by atoms with Gasteiger partial charge in [0, 0.05) is 41.1 Å². The van der Waals surface area contributed by atoms with Gasteiger partial charge in [-0.25, -0.2) is 0 Å². The van der Waals surface area contributed by atoms with Gasteiger partial charge in [-0.15, -0.1) is 6.58 Å². The summed E-state index contributed by atoms with van der Waals surface area (Å²) in [7, 11) is 2.21. The molecule has 41 heavy (non-hydrogen) atoms. The molecule has 0 bridgehead atoms. The molecule has 0 saturated heterocycles. The molecule has 2 nitrogen and oxygen atoms in total. The second-order valence-electron chi connectivity index (χ2n) is 12.8. The number of hydrogen-bond acceptors (Lipinski definition) is 1. The first-order valence-electron chi connectivity index (χ1n) is 15.2. The Balaban J connectivity index is 1.39. The molecule has 0 saturated carbocycles. The predicted octanol–water partition coefficient (Wildman–Crippen LogP) is 9.98. The SMILES string of the molecule is C=CCCCCCN1/C(=C/C=C/C2=[N+](C)c3ccc4ccccc4c3C2(C)C)C(C)(C)c2c1ccc1ccccc21. The lowest BCUT2D eigenvalue weighted by molar-refractivity contribution is -0.401. The Kier molecular flexibility index (Phi) is 6.98. The van der Waals surface area contributed by atoms with Crippen molar-refractivity contribution in [2.24, 2.45) is 0 Å². The van der Waals surface area contributed by atoms with E-state index in [1.165, 1.54) is 74.7 Å². The quantitative estimate of drug-likeness (QED) is 0.123. The zero-order valence-corrected chi connectivity index (χ0v) is 25.4. The summed E-state index contributed by atoms with van der Waals surface area (Å²) in [5, 5.41) is 5.34. The molecule has 0 N–H and O–H groups in total. The van der Waals surface area contributed by atoms with E-state index in [2.05, 4.69) is 142 Å². The van der Waals surface area contributed by atoms with E-state index in [4.69, 9.17) is 0 Å². The third-order valence-corrected chi connectivity index (χ3v) is 9.45. The molecule has 0 atom stereocenters. The number of anilines is 1. The maximum atomic E-state index is 3.90. The molecule has 4 aromatic carbocycles. The van der Waals surface area contributed by atoms with Crippen LogP contribution in [0.4, 0.5) is 11.4 Å². The van der Waals surface area contributed by atoms with Gasteiger partial charge in [-0.1, -0.05) is 87.0 Å². The van der Waals surface area contributed by atoms with Gasteiger partial charge in [-0.05, 0) is 78.4 Å². The van der Waals surface area contributed by atoms with Gasteiger partial charge in [0.2, 0.25) is 5.69 Å². The van der Waals surface area contributed by atoms with Gasteiger partial charge in [0.25, 0.3) is 0 Å². The zero-order chi connectivity index (χ0) is 28.8. The summed E-state index contributed by atoms with van der Waals surface area (Å²) in [5.41, 5.74) is 8.07. The highest BCUT2D eigenvalue weighted by Gasteiger charge is 2.44. The van der Waals surface area contributed by atoms with Crippen molar-refractivity contribution >= 4 is 38.6 Å². The molecule has 0 fully saturated rings. The first kappa shape index (κ1) is 27.3. The molecule has 0 spiro atoms. The first-order chi connectivity index (χ1) is 19.8. The molecule has 208 valence electrons. The molecule has 0 amide bonds. The lowest BCUT2D eigenvalue weighted by atomic mass is 9.79. The van der Waals surface area contributed by atoms with Crippen molar-refractivity contribution in [3.05, 3.63) is 121 Å². The minimum Gasteiger partial charge on any atom is -0.344 e. The summed E-state index contributed by atoms with van der Waals surface area (Å²) in [6.07, 6.45) is 13.8. The standard InChI is InChI=1S/C39H43N2/c1-7-8-9-10-15-27-41-33-26-24-29-18-12-14-20-31(29)37(33)39(4,5)35(41)22-16-21-34-38(2,3)36-30-19-13-11-17-28(30)23-25-32(36)40(34)6/h7,11-14,16-26H,1,8-10,15,27H2,2-6H3/q+1. The van der Waals surface area contributed by atoms with E-state index in [0.717, 1.165) is 13.0 Å². The third kappa shape index (κ3) is 4.45. The molecule has 2 aliphatic heterocycles. The number of fused-ring (bicyclic) bond motifs is 6. The van der Waals surface area contributed by atoms with E-state index < -0.39 is 0 Å². The van der Waals surface area contributed by atoms with Crippen LogP contribution in [0.15, 0.2) is 109 Å². The summed E-state index contributed by atoms with van der Waals surface area (Å²) in [4.78, 5) is 2.59. The summed E-state index contributed by atoms with van der Waals surface area (Å²) in [6, 6.07) is 26.8. The Morgan fingerprint density at radius 2 is 1.41 bits per heavy atom. The van der Waals surface area contributed by atoms with Crippen LogP contribution < -0.4 is 4.90 Å². The summed E-state index contributed by atoms with van der Waals surface area (Å²) in [6.45, 7) is 14.5. The summed E-state index contributed by atoms with van der Waals surface area (Å²) < 4.78 is 2.39. The second kappa shape index (κ2) is 10.5. The number of allylic oxidation sites excluding steroid dienone is 5. The Morgan fingerprint density at radius 3 is 2.12 bits per heavy atom. The van der Waals surface area contributed by atoms with Gasteiger partial charge in [-0.3, -0.25) is 0 Å². The van der Waals surface area contributed by atoms with Crippen molar-refractivity contribution < 1.29 is 4.58 Å². The highest BCUT2D eigenvalue weighted by atomic mass is 15.2. The van der Waals surface area contributed by atoms with Gasteiger partial charge in [0.15, 0.2) is 5.71 Å². The molecule has 4 aromatic rings. The molecule has 0 aliphatic carbocycles. The predicted molar refractivity (Wildman–Crippen MR) is 178 cm³/mol. The lowest BCUT2D eigenvalue weighted by Crippen LogP contribution is -2.28. The Hall–Kier alpha value is -3.91. The Morgan fingerprint density at radius 1 is 0.756 bits per heavy atom. The maximum absolute atomic E-state index is 3.90. The van der Waals surface area contributed by atoms with E-state index in [9.17, 15) is 0 Å². The fourth-order valence-electron chi connectivity index (χ4n) is 7.44. The number of rotatable bonds is 8. The maximum Gasteiger partial charge on any atom is 0.210 e. The molecule has 2 heterocycles. The second-order valence-corrected chi connectivity index (χ2v) is 12.8. The van der Waals surface area contributed by atoms with Gasteiger partial charge >= 0.3 is 0 Å². The molecular weight excluding hydrogens is 496 g/mol. The largest absolute Gasteiger partial charge is 0.344 e. The van der Waals surface area contributed by atoms with Crippen molar-refractivity contribution in [1.82, 2.24) is 0 Å². The minimum atomic E-state index is -0.0947. The van der Waals surface area contributed by atoms with Gasteiger partial charge in [0.1, 0.15) is 7.05 Å². The van der Waals surface area contributed by atoms with Crippen LogP contribution in [-0.2, 0) is 10.8 Å². The van der Waals surface area contributed by atoms with Crippen LogP contribution in [-0.4, -0.2) is 23.9 Å². The van der Waals surface area contributed by atoms with Crippen LogP contribution >= 0.6 is 0 Å². The first-order valence-corrected chi connectivity index (χ1v) is 15.2. The molecule has 6 rings (SSSR count). The van der Waals surface area contributed by atoms with Crippen molar-refractivity contribution in [1.29, 1.82) is 0 Å². The van der Waals surface area contributed by atoms with Crippen LogP contribution in [0.25, 0.3) is 21.5 Å². The van der Waals surface area contributed by atoms with E-state index >= 15 is 0 Å². The molecule has 2 aliphatic rings. The number of unbranched alkanes of at least 4 members (excludes halogenated alkanes) is 3. The van der Waals surface area contributed by atoms with Gasteiger partial charge in [-0.2, -0.15) is 4.58 Å². The normalized spacial score (nSPS) is 18.2. The van der Waals surface area contributed by atoms with Crippen LogP contribution in [0.1, 0.15) is 64.5 Å². The summed E-state index contributed by atoms with van der Waals surface area (Å²) in [5.74, 6) is 0. The minimum absolute atomic E-state index is 0.0881. The van der Waals surface area contributed by atoms with E-state index in [1.54, 1.807) is 0 Å². The lowest BCUT2D eigenvalue weighted by Gasteiger charge is -2.27. The van der Waals surface area contributed by atoms with Crippen molar-refractivity contribution in [2.45, 2.75) is 64.2 Å². The highest BCUT2D eigenvalue weighted by Crippen LogP contribution is 2.51. The van der Waals surface area contributed by atoms with E-state index in [1.807, 2.05) is 6.08 Å². The van der Waals surface area contributed by atoms with Crippen molar-refractivity contribution in [2.75, 3.05) is 18.5 Å².